The van der Waals surface area contributed by atoms with E-state index in [1.807, 2.05) is 0 Å². The first kappa shape index (κ1) is 14.9. The molecule has 9 heteroatoms. The van der Waals surface area contributed by atoms with Gasteiger partial charge in [-0.05, 0) is 24.4 Å². The molecule has 108 valence electrons. The van der Waals surface area contributed by atoms with Crippen molar-refractivity contribution in [1.82, 2.24) is 0 Å². The number of benzene rings is 2. The molecule has 0 amide bonds. The van der Waals surface area contributed by atoms with Crippen LogP contribution in [0.2, 0.25) is 0 Å². The molecule has 4 N–H and O–H groups in total. The van der Waals surface area contributed by atoms with Gasteiger partial charge in [-0.15, -0.1) is 0 Å². The Hall–Kier alpha value is -1.52. The molecular weight excluding hydrogens is 308 g/mol. The Kier molecular flexibility index (Phi) is 3.80. The van der Waals surface area contributed by atoms with Gasteiger partial charge in [0, 0.05) is 16.5 Å². The van der Waals surface area contributed by atoms with Gasteiger partial charge in [-0.3, -0.25) is 4.55 Å². The summed E-state index contributed by atoms with van der Waals surface area (Å²) in [4.78, 5) is -0.184. The van der Waals surface area contributed by atoms with Crippen LogP contribution in [0.5, 0.6) is 11.5 Å². The third-order valence-electron chi connectivity index (χ3n) is 2.79. The Morgan fingerprint density at radius 2 is 1.85 bits per heavy atom. The van der Waals surface area contributed by atoms with Crippen LogP contribution < -0.4 is 0 Å². The molecule has 0 spiro atoms. The minimum absolute atomic E-state index is 0.0391. The van der Waals surface area contributed by atoms with Gasteiger partial charge in [-0.1, -0.05) is 0 Å². The normalized spacial score (nSPS) is 11.9. The number of fused-ring (bicyclic) bond motifs is 1. The molecule has 0 fully saturated rings. The minimum atomic E-state index is -4.49. The number of phenols is 2. The van der Waals surface area contributed by atoms with Crippen LogP contribution in [-0.4, -0.2) is 28.4 Å². The monoisotopic (exact) mass is 318 g/mol. The maximum absolute atomic E-state index is 11.1. The smallest absolute Gasteiger partial charge is 0.294 e. The van der Waals surface area contributed by atoms with Gasteiger partial charge in [0.2, 0.25) is 0 Å². The molecule has 0 aliphatic heterocycles. The van der Waals surface area contributed by atoms with Gasteiger partial charge in [-0.2, -0.15) is 12.8 Å². The molecule has 2 aromatic rings. The first-order chi connectivity index (χ1) is 9.25. The van der Waals surface area contributed by atoms with E-state index in [4.69, 9.17) is 9.81 Å². The first-order valence-corrected chi connectivity index (χ1v) is 7.38. The van der Waals surface area contributed by atoms with Gasteiger partial charge in [0.15, 0.2) is 0 Å². The molecule has 0 aliphatic carbocycles. The molecule has 0 heterocycles. The van der Waals surface area contributed by atoms with Gasteiger partial charge in [0.25, 0.3) is 10.1 Å². The van der Waals surface area contributed by atoms with Crippen molar-refractivity contribution in [3.05, 3.63) is 23.8 Å². The lowest BCUT2D eigenvalue weighted by Gasteiger charge is -2.11. The highest BCUT2D eigenvalue weighted by atomic mass is 32.2. The van der Waals surface area contributed by atoms with E-state index in [9.17, 15) is 18.6 Å². The van der Waals surface area contributed by atoms with E-state index < -0.39 is 20.8 Å². The van der Waals surface area contributed by atoms with Crippen molar-refractivity contribution >= 4 is 32.9 Å². The Morgan fingerprint density at radius 3 is 2.40 bits per heavy atom. The highest BCUT2D eigenvalue weighted by Gasteiger charge is 2.18. The van der Waals surface area contributed by atoms with Crippen LogP contribution in [0.4, 0.5) is 0 Å². The number of hydrogen-bond acceptors (Lipinski definition) is 7. The van der Waals surface area contributed by atoms with Crippen LogP contribution in [0.3, 0.4) is 0 Å². The lowest BCUT2D eigenvalue weighted by atomic mass is 10.1. The Bertz CT molecular complexity index is 783. The summed E-state index contributed by atoms with van der Waals surface area (Å²) in [6, 6.07) is 3.33. The second kappa shape index (κ2) is 5.11. The second-order valence-corrected chi connectivity index (χ2v) is 6.20. The van der Waals surface area contributed by atoms with E-state index in [1.54, 1.807) is 0 Å². The second-order valence-electron chi connectivity index (χ2n) is 4.02. The van der Waals surface area contributed by atoms with Crippen molar-refractivity contribution in [3.63, 3.8) is 0 Å². The van der Waals surface area contributed by atoms with E-state index in [-0.39, 0.29) is 16.5 Å². The van der Waals surface area contributed by atoms with Gasteiger partial charge >= 0.3 is 0 Å². The molecule has 2 rings (SSSR count). The molecule has 0 saturated heterocycles. The van der Waals surface area contributed by atoms with E-state index in [0.717, 1.165) is 12.1 Å². The highest BCUT2D eigenvalue weighted by molar-refractivity contribution is 7.94. The molecule has 0 atom stereocenters. The molecule has 0 radical (unpaired) electrons. The fourth-order valence-electron chi connectivity index (χ4n) is 1.82. The van der Waals surface area contributed by atoms with Crippen LogP contribution in [0.15, 0.2) is 28.0 Å². The summed E-state index contributed by atoms with van der Waals surface area (Å²) in [6.45, 7) is 1.53. The summed E-state index contributed by atoms with van der Waals surface area (Å²) in [5.41, 5.74) is 0.339. The SMILES string of the molecule is Cc1c(SOO)cc2cc(S(=O)(=O)O)cc(O)c2c1O. The zero-order valence-electron chi connectivity index (χ0n) is 10.1. The quantitative estimate of drug-likeness (QED) is 0.294. The molecule has 0 aliphatic rings. The highest BCUT2D eigenvalue weighted by Crippen LogP contribution is 2.41. The Balaban J connectivity index is 2.86. The summed E-state index contributed by atoms with van der Waals surface area (Å²) in [5.74, 6) is -0.765. The summed E-state index contributed by atoms with van der Waals surface area (Å²) in [7, 11) is -4.49. The maximum atomic E-state index is 11.1. The average Bonchev–Trinajstić information content (AvgIpc) is 2.34. The average molecular weight is 318 g/mol. The summed E-state index contributed by atoms with van der Waals surface area (Å²) in [5, 5.41) is 28.5. The zero-order chi connectivity index (χ0) is 15.1. The van der Waals surface area contributed by atoms with Crippen molar-refractivity contribution in [2.24, 2.45) is 0 Å². The van der Waals surface area contributed by atoms with E-state index in [1.165, 1.54) is 13.0 Å². The number of aromatic hydroxyl groups is 2. The number of hydrogen-bond donors (Lipinski definition) is 4. The standard InChI is InChI=1S/C11H10O7S2/c1-5-9(19-18-14)3-6-2-7(20(15,16)17)4-8(12)10(6)11(5)13/h2-4,12-14H,1H3,(H,15,16,17). The van der Waals surface area contributed by atoms with Crippen molar-refractivity contribution in [3.8, 4) is 11.5 Å². The Morgan fingerprint density at radius 1 is 1.20 bits per heavy atom. The summed E-state index contributed by atoms with van der Waals surface area (Å²) >= 11 is 0.552. The molecule has 7 nitrogen and oxygen atoms in total. The topological polar surface area (TPSA) is 124 Å². The zero-order valence-corrected chi connectivity index (χ0v) is 11.7. The van der Waals surface area contributed by atoms with Gasteiger partial charge in [0.1, 0.15) is 11.5 Å². The van der Waals surface area contributed by atoms with Crippen LogP contribution in [-0.2, 0) is 14.5 Å². The lowest BCUT2D eigenvalue weighted by molar-refractivity contribution is -0.116. The first-order valence-electron chi connectivity index (χ1n) is 5.20. The molecule has 0 saturated carbocycles. The number of rotatable bonds is 3. The lowest BCUT2D eigenvalue weighted by Crippen LogP contribution is -1.98. The predicted molar refractivity (Wildman–Crippen MR) is 71.4 cm³/mol. The van der Waals surface area contributed by atoms with E-state index in [0.29, 0.717) is 22.5 Å². The van der Waals surface area contributed by atoms with Gasteiger partial charge in [0.05, 0.1) is 22.3 Å². The van der Waals surface area contributed by atoms with Crippen LogP contribution >= 0.6 is 12.0 Å². The van der Waals surface area contributed by atoms with Gasteiger partial charge < -0.3 is 10.2 Å². The molecule has 0 unspecified atom stereocenters. The van der Waals surface area contributed by atoms with Crippen molar-refractivity contribution < 1.29 is 32.8 Å². The minimum Gasteiger partial charge on any atom is -0.507 e. The van der Waals surface area contributed by atoms with Crippen LogP contribution in [0.25, 0.3) is 10.8 Å². The summed E-state index contributed by atoms with van der Waals surface area (Å²) in [6.07, 6.45) is 0. The maximum Gasteiger partial charge on any atom is 0.294 e. The molecule has 2 aromatic carbocycles. The fourth-order valence-corrected chi connectivity index (χ4v) is 2.84. The van der Waals surface area contributed by atoms with Gasteiger partial charge in [-0.25, -0.2) is 5.26 Å². The number of phenolic OH excluding ortho intramolecular Hbond substituents is 2. The van der Waals surface area contributed by atoms with E-state index in [2.05, 4.69) is 4.33 Å². The predicted octanol–water partition coefficient (Wildman–Crippen LogP) is 2.30. The third kappa shape index (κ3) is 2.53. The molecule has 0 bridgehead atoms. The van der Waals surface area contributed by atoms with Crippen molar-refractivity contribution in [1.29, 1.82) is 0 Å². The molecule has 20 heavy (non-hydrogen) atoms. The Labute approximate surface area is 118 Å². The van der Waals surface area contributed by atoms with Crippen LogP contribution in [0.1, 0.15) is 5.56 Å². The fraction of sp³-hybridized carbons (Fsp3) is 0.0909. The van der Waals surface area contributed by atoms with Crippen LogP contribution in [0, 0.1) is 6.92 Å². The molecular formula is C11H10O7S2. The van der Waals surface area contributed by atoms with Crippen molar-refractivity contribution in [2.75, 3.05) is 0 Å². The van der Waals surface area contributed by atoms with Crippen molar-refractivity contribution in [2.45, 2.75) is 16.7 Å². The third-order valence-corrected chi connectivity index (χ3v) is 4.30. The molecule has 0 aromatic heterocycles. The van der Waals surface area contributed by atoms with E-state index >= 15 is 0 Å². The largest absolute Gasteiger partial charge is 0.507 e. The summed E-state index contributed by atoms with van der Waals surface area (Å²) < 4.78 is 35.1.